The van der Waals surface area contributed by atoms with Gasteiger partial charge in [-0.15, -0.1) is 0 Å². The van der Waals surface area contributed by atoms with Crippen LogP contribution in [0, 0.1) is 13.8 Å². The molecule has 0 bridgehead atoms. The lowest BCUT2D eigenvalue weighted by molar-refractivity contribution is 0.0883. The zero-order chi connectivity index (χ0) is 10.3. The number of aliphatic hydroxyl groups is 1. The molecule has 0 amide bonds. The van der Waals surface area contributed by atoms with Crippen LogP contribution in [0.15, 0.2) is 18.2 Å². The van der Waals surface area contributed by atoms with Crippen molar-refractivity contribution in [3.8, 4) is 0 Å². The van der Waals surface area contributed by atoms with E-state index in [1.165, 1.54) is 11.1 Å². The van der Waals surface area contributed by atoms with Gasteiger partial charge in [0.1, 0.15) is 5.60 Å². The fraction of sp³-hybridized carbons (Fsp3) is 0.500. The van der Waals surface area contributed by atoms with Gasteiger partial charge in [-0.3, -0.25) is 0 Å². The molecular weight excluding hydrogens is 176 g/mol. The summed E-state index contributed by atoms with van der Waals surface area (Å²) in [4.78, 5) is 0. The Labute approximate surface area is 84.5 Å². The Balaban J connectivity index is 2.42. The Bertz CT molecular complexity index is 351. The number of aryl methyl sites for hydroxylation is 2. The lowest BCUT2D eigenvalue weighted by atomic mass is 9.90. The molecule has 14 heavy (non-hydrogen) atoms. The van der Waals surface area contributed by atoms with Gasteiger partial charge in [0, 0.05) is 0 Å². The molecule has 0 saturated carbocycles. The van der Waals surface area contributed by atoms with E-state index in [1.54, 1.807) is 6.92 Å². The first-order valence-corrected chi connectivity index (χ1v) is 4.96. The first-order valence-electron chi connectivity index (χ1n) is 4.96. The maximum atomic E-state index is 9.66. The standard InChI is InChI=1S/C12H16O2/c1-8-4-5-11(9(2)6-8)12(7-14-12)10(3)13/h4-6,10,13H,7H2,1-3H3/t10-,12-/m0/s1. The third kappa shape index (κ3) is 1.35. The summed E-state index contributed by atoms with van der Waals surface area (Å²) in [6, 6.07) is 6.25. The maximum absolute atomic E-state index is 9.66. The Morgan fingerprint density at radius 1 is 1.43 bits per heavy atom. The van der Waals surface area contributed by atoms with Crippen molar-refractivity contribution in [3.05, 3.63) is 34.9 Å². The molecule has 0 spiro atoms. The highest BCUT2D eigenvalue weighted by Crippen LogP contribution is 2.43. The summed E-state index contributed by atoms with van der Waals surface area (Å²) in [7, 11) is 0. The molecule has 2 rings (SSSR count). The zero-order valence-electron chi connectivity index (χ0n) is 8.87. The number of rotatable bonds is 2. The Morgan fingerprint density at radius 2 is 2.07 bits per heavy atom. The molecule has 76 valence electrons. The lowest BCUT2D eigenvalue weighted by Crippen LogP contribution is -2.25. The van der Waals surface area contributed by atoms with Gasteiger partial charge < -0.3 is 9.84 Å². The molecule has 2 nitrogen and oxygen atoms in total. The highest BCUT2D eigenvalue weighted by atomic mass is 16.6. The van der Waals surface area contributed by atoms with Crippen molar-refractivity contribution >= 4 is 0 Å². The molecule has 1 aromatic rings. The summed E-state index contributed by atoms with van der Waals surface area (Å²) in [6.07, 6.45) is -0.441. The van der Waals surface area contributed by atoms with Crippen LogP contribution in [0.2, 0.25) is 0 Å². The van der Waals surface area contributed by atoms with E-state index in [2.05, 4.69) is 32.0 Å². The van der Waals surface area contributed by atoms with Crippen molar-refractivity contribution in [3.63, 3.8) is 0 Å². The Hall–Kier alpha value is -0.860. The van der Waals surface area contributed by atoms with Crippen LogP contribution in [0.3, 0.4) is 0 Å². The van der Waals surface area contributed by atoms with Crippen molar-refractivity contribution in [1.82, 2.24) is 0 Å². The molecule has 0 unspecified atom stereocenters. The maximum Gasteiger partial charge on any atom is 0.142 e. The average molecular weight is 192 g/mol. The Kier molecular flexibility index (Phi) is 2.13. The van der Waals surface area contributed by atoms with Gasteiger partial charge in [0.05, 0.1) is 12.7 Å². The molecule has 1 aromatic carbocycles. The molecule has 1 fully saturated rings. The minimum atomic E-state index is -0.441. The van der Waals surface area contributed by atoms with Crippen LogP contribution in [0.5, 0.6) is 0 Å². The lowest BCUT2D eigenvalue weighted by Gasteiger charge is -2.18. The first-order chi connectivity index (χ1) is 6.56. The van der Waals surface area contributed by atoms with Crippen molar-refractivity contribution in [1.29, 1.82) is 0 Å². The van der Waals surface area contributed by atoms with E-state index in [1.807, 2.05) is 0 Å². The van der Waals surface area contributed by atoms with E-state index in [0.717, 1.165) is 5.56 Å². The smallest absolute Gasteiger partial charge is 0.142 e. The second-order valence-electron chi connectivity index (χ2n) is 4.17. The van der Waals surface area contributed by atoms with Crippen molar-refractivity contribution < 1.29 is 9.84 Å². The first kappa shape index (κ1) is 9.69. The molecule has 0 aliphatic carbocycles. The number of aliphatic hydroxyl groups excluding tert-OH is 1. The quantitative estimate of drug-likeness (QED) is 0.726. The molecule has 1 N–H and O–H groups in total. The van der Waals surface area contributed by atoms with E-state index in [9.17, 15) is 5.11 Å². The van der Waals surface area contributed by atoms with Crippen LogP contribution in [0.1, 0.15) is 23.6 Å². The zero-order valence-corrected chi connectivity index (χ0v) is 8.87. The van der Waals surface area contributed by atoms with Crippen molar-refractivity contribution in [2.45, 2.75) is 32.5 Å². The van der Waals surface area contributed by atoms with Crippen molar-refractivity contribution in [2.75, 3.05) is 6.61 Å². The summed E-state index contributed by atoms with van der Waals surface area (Å²) >= 11 is 0. The van der Waals surface area contributed by atoms with Crippen LogP contribution >= 0.6 is 0 Å². The van der Waals surface area contributed by atoms with Crippen LogP contribution < -0.4 is 0 Å². The third-order valence-electron chi connectivity index (χ3n) is 2.97. The second-order valence-corrected chi connectivity index (χ2v) is 4.17. The van der Waals surface area contributed by atoms with Gasteiger partial charge in [-0.2, -0.15) is 0 Å². The molecule has 0 aromatic heterocycles. The number of hydrogen-bond donors (Lipinski definition) is 1. The van der Waals surface area contributed by atoms with Gasteiger partial charge in [0.25, 0.3) is 0 Å². The summed E-state index contributed by atoms with van der Waals surface area (Å²) in [5.41, 5.74) is 3.15. The van der Waals surface area contributed by atoms with E-state index < -0.39 is 11.7 Å². The summed E-state index contributed by atoms with van der Waals surface area (Å²) < 4.78 is 5.41. The van der Waals surface area contributed by atoms with Crippen LogP contribution in [0.4, 0.5) is 0 Å². The molecule has 2 heteroatoms. The van der Waals surface area contributed by atoms with E-state index in [0.29, 0.717) is 6.61 Å². The highest BCUT2D eigenvalue weighted by Gasteiger charge is 2.51. The summed E-state index contributed by atoms with van der Waals surface area (Å²) in [6.45, 7) is 6.55. The molecule has 1 aliphatic rings. The van der Waals surface area contributed by atoms with E-state index in [-0.39, 0.29) is 0 Å². The van der Waals surface area contributed by atoms with Crippen LogP contribution in [-0.4, -0.2) is 17.8 Å². The molecule has 1 saturated heterocycles. The largest absolute Gasteiger partial charge is 0.390 e. The highest BCUT2D eigenvalue weighted by molar-refractivity contribution is 5.38. The third-order valence-corrected chi connectivity index (χ3v) is 2.97. The van der Waals surface area contributed by atoms with Gasteiger partial charge in [0.2, 0.25) is 0 Å². The number of hydrogen-bond acceptors (Lipinski definition) is 2. The molecule has 1 heterocycles. The van der Waals surface area contributed by atoms with E-state index >= 15 is 0 Å². The number of benzene rings is 1. The van der Waals surface area contributed by atoms with Crippen LogP contribution in [0.25, 0.3) is 0 Å². The topological polar surface area (TPSA) is 32.8 Å². The molecule has 0 radical (unpaired) electrons. The normalized spacial score (nSPS) is 27.4. The summed E-state index contributed by atoms with van der Waals surface area (Å²) in [5.74, 6) is 0. The average Bonchev–Trinajstić information content (AvgIpc) is 2.84. The van der Waals surface area contributed by atoms with Gasteiger partial charge in [-0.25, -0.2) is 0 Å². The monoisotopic (exact) mass is 192 g/mol. The van der Waals surface area contributed by atoms with E-state index in [4.69, 9.17) is 4.74 Å². The molecule has 1 aliphatic heterocycles. The number of ether oxygens (including phenoxy) is 1. The number of epoxide rings is 1. The fourth-order valence-corrected chi connectivity index (χ4v) is 1.99. The second kappa shape index (κ2) is 3.07. The van der Waals surface area contributed by atoms with Crippen LogP contribution in [-0.2, 0) is 10.3 Å². The van der Waals surface area contributed by atoms with Gasteiger partial charge in [-0.05, 0) is 31.9 Å². The van der Waals surface area contributed by atoms with Gasteiger partial charge in [0.15, 0.2) is 0 Å². The fourth-order valence-electron chi connectivity index (χ4n) is 1.99. The SMILES string of the molecule is Cc1ccc([C@@]2([C@H](C)O)CO2)c(C)c1. The minimum Gasteiger partial charge on any atom is -0.390 e. The predicted octanol–water partition coefficient (Wildman–Crippen LogP) is 1.91. The van der Waals surface area contributed by atoms with Gasteiger partial charge >= 0.3 is 0 Å². The van der Waals surface area contributed by atoms with Crippen molar-refractivity contribution in [2.24, 2.45) is 0 Å². The minimum absolute atomic E-state index is 0.419. The predicted molar refractivity (Wildman–Crippen MR) is 55.2 cm³/mol. The molecule has 2 atom stereocenters. The van der Waals surface area contributed by atoms with Gasteiger partial charge in [-0.1, -0.05) is 23.8 Å². The summed E-state index contributed by atoms with van der Waals surface area (Å²) in [5, 5.41) is 9.66. The molecular formula is C12H16O2. The Morgan fingerprint density at radius 3 is 2.50 bits per heavy atom.